The molecule has 0 saturated carbocycles. The minimum Gasteiger partial charge on any atom is -0.394 e. The number of benzene rings is 1. The second-order valence-electron chi connectivity index (χ2n) is 10.1. The van der Waals surface area contributed by atoms with E-state index < -0.39 is 0 Å². The Kier molecular flexibility index (Phi) is 8.58. The number of allylic oxidation sites excluding steroid dienone is 2. The van der Waals surface area contributed by atoms with Gasteiger partial charge in [-0.3, -0.25) is 4.79 Å². The van der Waals surface area contributed by atoms with Crippen LogP contribution in [0.25, 0.3) is 5.57 Å². The van der Waals surface area contributed by atoms with Crippen molar-refractivity contribution >= 4 is 11.5 Å². The molecular formula is C27H40N2O4. The fourth-order valence-electron chi connectivity index (χ4n) is 5.41. The summed E-state index contributed by atoms with van der Waals surface area (Å²) in [7, 11) is 3.79. The maximum Gasteiger partial charge on any atom is 0.234 e. The average Bonchev–Trinajstić information content (AvgIpc) is 2.82. The molecule has 6 nitrogen and oxygen atoms in total. The second-order valence-corrected chi connectivity index (χ2v) is 10.1. The monoisotopic (exact) mass is 456 g/mol. The van der Waals surface area contributed by atoms with Crippen molar-refractivity contribution in [1.29, 1.82) is 0 Å². The van der Waals surface area contributed by atoms with Crippen LogP contribution >= 0.6 is 0 Å². The first-order valence-corrected chi connectivity index (χ1v) is 12.7. The predicted octanol–water partition coefficient (Wildman–Crippen LogP) is 3.32. The third kappa shape index (κ3) is 6.66. The molecule has 2 heterocycles. The number of nitrogens with one attached hydrogen (secondary N) is 1. The maximum atomic E-state index is 12.5. The number of carbonyl (C=O) groups is 1. The summed E-state index contributed by atoms with van der Waals surface area (Å²) in [6, 6.07) is 8.91. The fraction of sp³-hybridized carbons (Fsp3) is 0.667. The van der Waals surface area contributed by atoms with Crippen LogP contribution in [0.5, 0.6) is 0 Å². The van der Waals surface area contributed by atoms with Gasteiger partial charge in [0, 0.05) is 0 Å². The smallest absolute Gasteiger partial charge is 0.234 e. The van der Waals surface area contributed by atoms with Crippen molar-refractivity contribution in [2.75, 3.05) is 27.2 Å². The molecule has 2 saturated heterocycles. The van der Waals surface area contributed by atoms with Crippen molar-refractivity contribution in [2.45, 2.75) is 88.2 Å². The van der Waals surface area contributed by atoms with Crippen LogP contribution in [0.2, 0.25) is 0 Å². The summed E-state index contributed by atoms with van der Waals surface area (Å²) >= 11 is 0. The zero-order valence-corrected chi connectivity index (χ0v) is 20.2. The molecule has 33 heavy (non-hydrogen) atoms. The Hall–Kier alpha value is -1.73. The van der Waals surface area contributed by atoms with E-state index in [1.54, 1.807) is 0 Å². The van der Waals surface area contributed by atoms with Crippen molar-refractivity contribution in [2.24, 2.45) is 0 Å². The quantitative estimate of drug-likeness (QED) is 0.628. The van der Waals surface area contributed by atoms with Gasteiger partial charge in [0.2, 0.25) is 5.91 Å². The van der Waals surface area contributed by atoms with Crippen LogP contribution in [0.1, 0.15) is 62.5 Å². The van der Waals surface area contributed by atoms with Gasteiger partial charge in [-0.25, -0.2) is 0 Å². The maximum absolute atomic E-state index is 12.5. The standard InChI is InChI=1S/C27H40N2O4/c1-29(2)17-27(31)28-23-16-26-25(15-13-22(18-30)32-26)33-24(23)14-10-19-8-11-21(12-9-19)20-6-4-3-5-7-20/h6,8-9,11-12,22-26,30H,3-5,7,10,13-18H2,1-2H3,(H,28,31)/t22-,23-,24+,25-,26-/m0/s1. The molecule has 0 spiro atoms. The highest BCUT2D eigenvalue weighted by Crippen LogP contribution is 2.33. The lowest BCUT2D eigenvalue weighted by molar-refractivity contribution is -0.202. The first-order valence-electron chi connectivity index (χ1n) is 12.7. The lowest BCUT2D eigenvalue weighted by Gasteiger charge is -2.45. The van der Waals surface area contributed by atoms with E-state index in [-0.39, 0.29) is 43.0 Å². The lowest BCUT2D eigenvalue weighted by atomic mass is 9.88. The number of aryl methyl sites for hydroxylation is 1. The minimum absolute atomic E-state index is 0.0108. The Morgan fingerprint density at radius 2 is 1.94 bits per heavy atom. The molecule has 182 valence electrons. The van der Waals surface area contributed by atoms with Gasteiger partial charge in [0.05, 0.1) is 43.6 Å². The van der Waals surface area contributed by atoms with Gasteiger partial charge in [-0.2, -0.15) is 0 Å². The number of hydrogen-bond donors (Lipinski definition) is 2. The summed E-state index contributed by atoms with van der Waals surface area (Å²) in [4.78, 5) is 14.4. The van der Waals surface area contributed by atoms with Gasteiger partial charge in [0.1, 0.15) is 0 Å². The number of likely N-dealkylation sites (N-methyl/N-ethyl adjacent to an activating group) is 1. The van der Waals surface area contributed by atoms with Gasteiger partial charge in [-0.15, -0.1) is 0 Å². The summed E-state index contributed by atoms with van der Waals surface area (Å²) in [5.74, 6) is 0.0108. The molecule has 5 atom stereocenters. The van der Waals surface area contributed by atoms with E-state index in [0.29, 0.717) is 6.54 Å². The fourth-order valence-corrected chi connectivity index (χ4v) is 5.41. The summed E-state index contributed by atoms with van der Waals surface area (Å²) in [5, 5.41) is 12.7. The molecule has 1 aromatic rings. The van der Waals surface area contributed by atoms with Gasteiger partial charge >= 0.3 is 0 Å². The Bertz CT molecular complexity index is 807. The van der Waals surface area contributed by atoms with E-state index in [4.69, 9.17) is 9.47 Å². The Morgan fingerprint density at radius 3 is 2.64 bits per heavy atom. The number of carbonyl (C=O) groups excluding carboxylic acids is 1. The van der Waals surface area contributed by atoms with Crippen LogP contribution in [0.4, 0.5) is 0 Å². The SMILES string of the molecule is CN(C)CC(=O)N[C@H]1C[C@@H]2O[C@H](CO)CC[C@@H]2O[C@@H]1CCc1ccc(C2=CCCCC2)cc1. The predicted molar refractivity (Wildman–Crippen MR) is 130 cm³/mol. The molecule has 2 fully saturated rings. The van der Waals surface area contributed by atoms with Gasteiger partial charge in [-0.05, 0) is 88.6 Å². The number of fused-ring (bicyclic) bond motifs is 1. The summed E-state index contributed by atoms with van der Waals surface area (Å²) in [6.07, 6.45) is 11.4. The van der Waals surface area contributed by atoms with Crippen LogP contribution in [0.15, 0.2) is 30.3 Å². The largest absolute Gasteiger partial charge is 0.394 e. The van der Waals surface area contributed by atoms with Gasteiger partial charge in [0.25, 0.3) is 0 Å². The number of aliphatic hydroxyl groups excluding tert-OH is 1. The molecule has 0 bridgehead atoms. The van der Waals surface area contributed by atoms with Crippen molar-refractivity contribution in [3.05, 3.63) is 41.5 Å². The van der Waals surface area contributed by atoms with Crippen LogP contribution in [0.3, 0.4) is 0 Å². The molecular weight excluding hydrogens is 416 g/mol. The molecule has 0 unspecified atom stereocenters. The Balaban J connectivity index is 1.38. The van der Waals surface area contributed by atoms with E-state index >= 15 is 0 Å². The second kappa shape index (κ2) is 11.6. The zero-order valence-electron chi connectivity index (χ0n) is 20.2. The summed E-state index contributed by atoms with van der Waals surface area (Å²) in [6.45, 7) is 0.395. The van der Waals surface area contributed by atoms with Crippen molar-refractivity contribution in [3.8, 4) is 0 Å². The molecule has 1 aliphatic carbocycles. The molecule has 2 N–H and O–H groups in total. The molecule has 6 heteroatoms. The molecule has 4 rings (SSSR count). The number of rotatable bonds is 8. The highest BCUT2D eigenvalue weighted by molar-refractivity contribution is 5.78. The number of amides is 1. The van der Waals surface area contributed by atoms with E-state index in [2.05, 4.69) is 35.7 Å². The summed E-state index contributed by atoms with van der Waals surface area (Å²) in [5.41, 5.74) is 4.14. The lowest BCUT2D eigenvalue weighted by Crippen LogP contribution is -2.58. The van der Waals surface area contributed by atoms with Crippen LogP contribution < -0.4 is 5.32 Å². The molecule has 1 amide bonds. The van der Waals surface area contributed by atoms with Crippen LogP contribution in [0, 0.1) is 0 Å². The van der Waals surface area contributed by atoms with Crippen LogP contribution in [-0.4, -0.2) is 73.6 Å². The van der Waals surface area contributed by atoms with Crippen LogP contribution in [-0.2, 0) is 20.7 Å². The highest BCUT2D eigenvalue weighted by Gasteiger charge is 2.42. The van der Waals surface area contributed by atoms with E-state index in [9.17, 15) is 9.90 Å². The topological polar surface area (TPSA) is 71.0 Å². The third-order valence-corrected chi connectivity index (χ3v) is 7.18. The number of aliphatic hydroxyl groups is 1. The average molecular weight is 457 g/mol. The highest BCUT2D eigenvalue weighted by atomic mass is 16.6. The number of ether oxygens (including phenoxy) is 2. The first kappa shape index (κ1) is 24.4. The Morgan fingerprint density at radius 1 is 1.12 bits per heavy atom. The van der Waals surface area contributed by atoms with Gasteiger partial charge in [-0.1, -0.05) is 30.3 Å². The van der Waals surface area contributed by atoms with Crippen molar-refractivity contribution in [1.82, 2.24) is 10.2 Å². The van der Waals surface area contributed by atoms with Crippen molar-refractivity contribution < 1.29 is 19.4 Å². The molecule has 0 aromatic heterocycles. The summed E-state index contributed by atoms with van der Waals surface area (Å²) < 4.78 is 12.6. The van der Waals surface area contributed by atoms with E-state index in [1.807, 2.05) is 19.0 Å². The van der Waals surface area contributed by atoms with Crippen molar-refractivity contribution in [3.63, 3.8) is 0 Å². The van der Waals surface area contributed by atoms with E-state index in [1.165, 1.54) is 42.4 Å². The Labute approximate surface area is 198 Å². The number of hydrogen-bond acceptors (Lipinski definition) is 5. The molecule has 0 radical (unpaired) electrons. The molecule has 1 aromatic carbocycles. The third-order valence-electron chi connectivity index (χ3n) is 7.18. The minimum atomic E-state index is -0.123. The first-order chi connectivity index (χ1) is 16.0. The van der Waals surface area contributed by atoms with Gasteiger partial charge in [0.15, 0.2) is 0 Å². The van der Waals surface area contributed by atoms with Gasteiger partial charge < -0.3 is 24.8 Å². The van der Waals surface area contributed by atoms with E-state index in [0.717, 1.165) is 32.1 Å². The normalized spacial score (nSPS) is 29.9. The molecule has 2 aliphatic heterocycles. The molecule has 3 aliphatic rings. The number of nitrogens with zero attached hydrogens (tertiary/aromatic N) is 1. The zero-order chi connectivity index (χ0) is 23.2.